The normalized spacial score (nSPS) is 12.6. The second kappa shape index (κ2) is 6.35. The largest absolute Gasteiger partial charge is 0.454 e. The Labute approximate surface area is 129 Å². The van der Waals surface area contributed by atoms with Gasteiger partial charge in [-0.3, -0.25) is 4.79 Å². The molecule has 0 saturated carbocycles. The van der Waals surface area contributed by atoms with Gasteiger partial charge in [0.05, 0.1) is 0 Å². The average Bonchev–Trinajstić information content (AvgIpc) is 3.02. The summed E-state index contributed by atoms with van der Waals surface area (Å²) in [5.74, 6) is 1.41. The van der Waals surface area contributed by atoms with Gasteiger partial charge in [0, 0.05) is 29.6 Å². The molecule has 0 fully saturated rings. The summed E-state index contributed by atoms with van der Waals surface area (Å²) in [5, 5.41) is 3.06. The van der Waals surface area contributed by atoms with E-state index in [9.17, 15) is 4.79 Å². The second-order valence-electron chi connectivity index (χ2n) is 4.96. The van der Waals surface area contributed by atoms with Crippen molar-refractivity contribution >= 4 is 11.5 Å². The van der Waals surface area contributed by atoms with Crippen LogP contribution in [-0.4, -0.2) is 12.6 Å². The molecule has 2 aromatic carbocycles. The standard InChI is InChI=1S/C18H17NO3/c1-2-13-3-5-14(6-4-13)16(20)9-10-19-15-7-8-17-18(11-15)22-12-21-17/h3-11,19H,2,12H2,1H3. The molecule has 22 heavy (non-hydrogen) atoms. The van der Waals surface area contributed by atoms with E-state index in [0.29, 0.717) is 11.3 Å². The van der Waals surface area contributed by atoms with Crippen molar-refractivity contribution in [2.75, 3.05) is 12.1 Å². The lowest BCUT2D eigenvalue weighted by Gasteiger charge is -2.02. The molecule has 0 spiro atoms. The van der Waals surface area contributed by atoms with Crippen molar-refractivity contribution in [1.29, 1.82) is 0 Å². The summed E-state index contributed by atoms with van der Waals surface area (Å²) >= 11 is 0. The third-order valence-electron chi connectivity index (χ3n) is 3.50. The molecule has 0 aliphatic carbocycles. The molecule has 2 aromatic rings. The summed E-state index contributed by atoms with van der Waals surface area (Å²) in [6.45, 7) is 2.34. The number of carbonyl (C=O) groups is 1. The van der Waals surface area contributed by atoms with Crippen molar-refractivity contribution in [3.05, 3.63) is 65.9 Å². The summed E-state index contributed by atoms with van der Waals surface area (Å²) in [6.07, 6.45) is 4.12. The van der Waals surface area contributed by atoms with Crippen LogP contribution in [0.15, 0.2) is 54.7 Å². The van der Waals surface area contributed by atoms with Gasteiger partial charge in [-0.15, -0.1) is 0 Å². The van der Waals surface area contributed by atoms with E-state index < -0.39 is 0 Å². The van der Waals surface area contributed by atoms with Crippen LogP contribution in [0.25, 0.3) is 0 Å². The number of nitrogens with one attached hydrogen (secondary N) is 1. The van der Waals surface area contributed by atoms with Gasteiger partial charge in [0.15, 0.2) is 17.3 Å². The van der Waals surface area contributed by atoms with Crippen LogP contribution in [0, 0.1) is 0 Å². The van der Waals surface area contributed by atoms with Crippen LogP contribution < -0.4 is 14.8 Å². The van der Waals surface area contributed by atoms with Crippen molar-refractivity contribution < 1.29 is 14.3 Å². The van der Waals surface area contributed by atoms with Crippen LogP contribution in [0.1, 0.15) is 22.8 Å². The number of carbonyl (C=O) groups excluding carboxylic acids is 1. The Morgan fingerprint density at radius 1 is 1.14 bits per heavy atom. The van der Waals surface area contributed by atoms with E-state index in [0.717, 1.165) is 17.9 Å². The Balaban J connectivity index is 1.62. The van der Waals surface area contributed by atoms with Gasteiger partial charge in [0.1, 0.15) is 0 Å². The molecule has 0 radical (unpaired) electrons. The van der Waals surface area contributed by atoms with Crippen LogP contribution >= 0.6 is 0 Å². The first-order valence-electron chi connectivity index (χ1n) is 7.22. The average molecular weight is 295 g/mol. The van der Waals surface area contributed by atoms with Gasteiger partial charge in [-0.1, -0.05) is 31.2 Å². The summed E-state index contributed by atoms with van der Waals surface area (Å²) in [7, 11) is 0. The molecule has 3 rings (SSSR count). The Bertz CT molecular complexity index is 705. The number of ketones is 1. The van der Waals surface area contributed by atoms with Gasteiger partial charge < -0.3 is 14.8 Å². The molecule has 1 heterocycles. The molecule has 0 unspecified atom stereocenters. The first-order chi connectivity index (χ1) is 10.8. The number of rotatable bonds is 5. The zero-order chi connectivity index (χ0) is 15.4. The third kappa shape index (κ3) is 3.11. The van der Waals surface area contributed by atoms with E-state index in [1.807, 2.05) is 42.5 Å². The Morgan fingerprint density at radius 3 is 2.68 bits per heavy atom. The van der Waals surface area contributed by atoms with E-state index in [-0.39, 0.29) is 12.6 Å². The predicted molar refractivity (Wildman–Crippen MR) is 85.5 cm³/mol. The van der Waals surface area contributed by atoms with E-state index in [4.69, 9.17) is 9.47 Å². The van der Waals surface area contributed by atoms with Crippen LogP contribution in [0.4, 0.5) is 5.69 Å². The minimum Gasteiger partial charge on any atom is -0.454 e. The number of anilines is 1. The lowest BCUT2D eigenvalue weighted by Crippen LogP contribution is -1.96. The summed E-state index contributed by atoms with van der Waals surface area (Å²) in [6, 6.07) is 13.2. The fourth-order valence-electron chi connectivity index (χ4n) is 2.20. The monoisotopic (exact) mass is 295 g/mol. The van der Waals surface area contributed by atoms with Crippen LogP contribution in [0.3, 0.4) is 0 Å². The van der Waals surface area contributed by atoms with E-state index in [1.165, 1.54) is 11.6 Å². The molecule has 0 aromatic heterocycles. The van der Waals surface area contributed by atoms with Crippen LogP contribution in [-0.2, 0) is 6.42 Å². The maximum absolute atomic E-state index is 12.1. The van der Waals surface area contributed by atoms with E-state index >= 15 is 0 Å². The maximum atomic E-state index is 12.1. The first kappa shape index (κ1) is 14.2. The van der Waals surface area contributed by atoms with Gasteiger partial charge in [-0.25, -0.2) is 0 Å². The number of benzene rings is 2. The highest BCUT2D eigenvalue weighted by molar-refractivity contribution is 6.04. The minimum atomic E-state index is -0.0316. The molecule has 0 bridgehead atoms. The van der Waals surface area contributed by atoms with Crippen molar-refractivity contribution in [3.63, 3.8) is 0 Å². The van der Waals surface area contributed by atoms with Crippen LogP contribution in [0.5, 0.6) is 11.5 Å². The van der Waals surface area contributed by atoms with Crippen LogP contribution in [0.2, 0.25) is 0 Å². The number of ether oxygens (including phenoxy) is 2. The quantitative estimate of drug-likeness (QED) is 0.673. The second-order valence-corrected chi connectivity index (χ2v) is 4.96. The minimum absolute atomic E-state index is 0.0316. The fraction of sp³-hybridized carbons (Fsp3) is 0.167. The number of hydrogen-bond acceptors (Lipinski definition) is 4. The Hall–Kier alpha value is -2.75. The van der Waals surface area contributed by atoms with E-state index in [1.54, 1.807) is 6.20 Å². The number of allylic oxidation sites excluding steroid dienone is 1. The molecule has 0 amide bonds. The number of fused-ring (bicyclic) bond motifs is 1. The first-order valence-corrected chi connectivity index (χ1v) is 7.22. The highest BCUT2D eigenvalue weighted by atomic mass is 16.7. The highest BCUT2D eigenvalue weighted by Gasteiger charge is 2.12. The van der Waals surface area contributed by atoms with Crippen molar-refractivity contribution in [1.82, 2.24) is 0 Å². The lowest BCUT2D eigenvalue weighted by atomic mass is 10.1. The molecular formula is C18H17NO3. The van der Waals surface area contributed by atoms with Gasteiger partial charge in [0.25, 0.3) is 0 Å². The zero-order valence-electron chi connectivity index (χ0n) is 12.3. The number of hydrogen-bond donors (Lipinski definition) is 1. The third-order valence-corrected chi connectivity index (χ3v) is 3.50. The Morgan fingerprint density at radius 2 is 1.91 bits per heavy atom. The molecule has 1 aliphatic heterocycles. The molecule has 112 valence electrons. The summed E-state index contributed by atoms with van der Waals surface area (Å²) in [5.41, 5.74) is 2.74. The maximum Gasteiger partial charge on any atom is 0.231 e. The molecular weight excluding hydrogens is 278 g/mol. The Kier molecular flexibility index (Phi) is 4.10. The predicted octanol–water partition coefficient (Wildman–Crippen LogP) is 3.79. The van der Waals surface area contributed by atoms with Crippen molar-refractivity contribution in [2.45, 2.75) is 13.3 Å². The highest BCUT2D eigenvalue weighted by Crippen LogP contribution is 2.34. The SMILES string of the molecule is CCc1ccc(C(=O)C=CNc2ccc3c(c2)OCO3)cc1. The molecule has 0 saturated heterocycles. The molecule has 1 N–H and O–H groups in total. The summed E-state index contributed by atoms with van der Waals surface area (Å²) in [4.78, 5) is 12.1. The molecule has 4 heteroatoms. The topological polar surface area (TPSA) is 47.6 Å². The zero-order valence-corrected chi connectivity index (χ0v) is 12.3. The molecule has 1 aliphatic rings. The lowest BCUT2D eigenvalue weighted by molar-refractivity contribution is 0.104. The fourth-order valence-corrected chi connectivity index (χ4v) is 2.20. The molecule has 4 nitrogen and oxygen atoms in total. The van der Waals surface area contributed by atoms with Crippen molar-refractivity contribution in [3.8, 4) is 11.5 Å². The smallest absolute Gasteiger partial charge is 0.231 e. The van der Waals surface area contributed by atoms with Crippen molar-refractivity contribution in [2.24, 2.45) is 0 Å². The molecule has 0 atom stereocenters. The van der Waals surface area contributed by atoms with Gasteiger partial charge in [-0.05, 0) is 24.1 Å². The van der Waals surface area contributed by atoms with E-state index in [2.05, 4.69) is 12.2 Å². The van der Waals surface area contributed by atoms with Gasteiger partial charge in [-0.2, -0.15) is 0 Å². The van der Waals surface area contributed by atoms with Gasteiger partial charge in [0.2, 0.25) is 6.79 Å². The number of aryl methyl sites for hydroxylation is 1. The summed E-state index contributed by atoms with van der Waals surface area (Å²) < 4.78 is 10.6. The van der Waals surface area contributed by atoms with Gasteiger partial charge >= 0.3 is 0 Å².